The van der Waals surface area contributed by atoms with Crippen LogP contribution in [0.5, 0.6) is 11.5 Å². The zero-order chi connectivity index (χ0) is 21.5. The van der Waals surface area contributed by atoms with Crippen molar-refractivity contribution in [2.24, 2.45) is 4.99 Å². The molecule has 30 heavy (non-hydrogen) atoms. The lowest BCUT2D eigenvalue weighted by molar-refractivity contribution is -0.122. The maximum absolute atomic E-state index is 12.9. The zero-order valence-electron chi connectivity index (χ0n) is 18.0. The summed E-state index contributed by atoms with van der Waals surface area (Å²) in [6, 6.07) is 13.7. The van der Waals surface area contributed by atoms with E-state index in [9.17, 15) is 4.79 Å². The number of benzene rings is 2. The number of carbonyl (C=O) groups excluding carboxylic acids is 1. The Morgan fingerprint density at radius 2 is 1.80 bits per heavy atom. The quantitative estimate of drug-likeness (QED) is 0.502. The molecule has 0 aromatic heterocycles. The Hall–Kier alpha value is -2.73. The third-order valence-corrected chi connectivity index (χ3v) is 5.50. The van der Waals surface area contributed by atoms with Gasteiger partial charge in [0.25, 0.3) is 5.91 Å². The Balaban J connectivity index is 1.88. The molecule has 0 aliphatic carbocycles. The molecule has 1 saturated heterocycles. The number of nitrogens with zero attached hydrogens (tertiary/aromatic N) is 2. The first-order chi connectivity index (χ1) is 14.5. The summed E-state index contributed by atoms with van der Waals surface area (Å²) in [5.74, 6) is 1.39. The van der Waals surface area contributed by atoms with E-state index in [2.05, 4.69) is 11.9 Å². The van der Waals surface area contributed by atoms with Gasteiger partial charge in [-0.2, -0.15) is 0 Å². The summed E-state index contributed by atoms with van der Waals surface area (Å²) < 4.78 is 11.5. The number of aliphatic imine (C=N–C) groups is 1. The van der Waals surface area contributed by atoms with Crippen molar-refractivity contribution in [3.8, 4) is 11.5 Å². The number of rotatable bonds is 8. The maximum Gasteiger partial charge on any atom is 0.266 e. The molecule has 0 spiro atoms. The molecular weight excluding hydrogens is 396 g/mol. The number of thioether (sulfide) groups is 1. The molecule has 1 amide bonds. The van der Waals surface area contributed by atoms with Gasteiger partial charge in [0.2, 0.25) is 0 Å². The van der Waals surface area contributed by atoms with Crippen molar-refractivity contribution in [2.75, 3.05) is 19.8 Å². The third kappa shape index (κ3) is 5.25. The first kappa shape index (κ1) is 22.0. The summed E-state index contributed by atoms with van der Waals surface area (Å²) in [5, 5.41) is 0.700. The molecule has 5 nitrogen and oxygen atoms in total. The van der Waals surface area contributed by atoms with Crippen molar-refractivity contribution >= 4 is 34.6 Å². The van der Waals surface area contributed by atoms with Crippen LogP contribution in [-0.2, 0) is 4.79 Å². The molecule has 0 radical (unpaired) electrons. The van der Waals surface area contributed by atoms with E-state index in [-0.39, 0.29) is 5.91 Å². The second-order valence-corrected chi connectivity index (χ2v) is 7.89. The van der Waals surface area contributed by atoms with Crippen LogP contribution in [0.15, 0.2) is 52.4 Å². The minimum atomic E-state index is -0.0300. The topological polar surface area (TPSA) is 51.1 Å². The van der Waals surface area contributed by atoms with Crippen LogP contribution in [0.25, 0.3) is 6.08 Å². The van der Waals surface area contributed by atoms with E-state index in [0.29, 0.717) is 35.6 Å². The molecule has 1 aliphatic rings. The summed E-state index contributed by atoms with van der Waals surface area (Å²) in [7, 11) is 0. The van der Waals surface area contributed by atoms with Crippen LogP contribution >= 0.6 is 11.8 Å². The van der Waals surface area contributed by atoms with Crippen molar-refractivity contribution in [3.05, 3.63) is 58.5 Å². The number of hydrogen-bond acceptors (Lipinski definition) is 5. The van der Waals surface area contributed by atoms with Crippen LogP contribution in [-0.4, -0.2) is 35.7 Å². The van der Waals surface area contributed by atoms with Gasteiger partial charge in [-0.15, -0.1) is 0 Å². The number of likely N-dealkylation sites (N-methyl/N-ethyl adjacent to an activating group) is 1. The molecule has 1 heterocycles. The molecule has 3 rings (SSSR count). The van der Waals surface area contributed by atoms with Crippen molar-refractivity contribution in [1.29, 1.82) is 0 Å². The van der Waals surface area contributed by atoms with E-state index in [1.165, 1.54) is 17.3 Å². The monoisotopic (exact) mass is 424 g/mol. The maximum atomic E-state index is 12.9. The highest BCUT2D eigenvalue weighted by atomic mass is 32.2. The molecule has 2 aromatic carbocycles. The van der Waals surface area contributed by atoms with Gasteiger partial charge in [0.05, 0.1) is 23.8 Å². The lowest BCUT2D eigenvalue weighted by Gasteiger charge is -2.12. The van der Waals surface area contributed by atoms with Gasteiger partial charge >= 0.3 is 0 Å². The Bertz CT molecular complexity index is 951. The van der Waals surface area contributed by atoms with Gasteiger partial charge in [-0.25, -0.2) is 4.99 Å². The summed E-state index contributed by atoms with van der Waals surface area (Å²) >= 11 is 1.40. The largest absolute Gasteiger partial charge is 0.490 e. The van der Waals surface area contributed by atoms with Gasteiger partial charge in [-0.3, -0.25) is 9.69 Å². The van der Waals surface area contributed by atoms with Crippen LogP contribution in [0, 0.1) is 6.92 Å². The predicted molar refractivity (Wildman–Crippen MR) is 125 cm³/mol. The number of amides is 1. The van der Waals surface area contributed by atoms with E-state index in [4.69, 9.17) is 9.47 Å². The lowest BCUT2D eigenvalue weighted by Crippen LogP contribution is -2.28. The van der Waals surface area contributed by atoms with Crippen molar-refractivity contribution in [2.45, 2.75) is 34.1 Å². The second-order valence-electron chi connectivity index (χ2n) is 6.88. The number of ether oxygens (including phenoxy) is 2. The van der Waals surface area contributed by atoms with Gasteiger partial charge < -0.3 is 9.47 Å². The minimum absolute atomic E-state index is 0.0300. The molecule has 6 heteroatoms. The van der Waals surface area contributed by atoms with E-state index in [1.807, 2.05) is 69.3 Å². The molecule has 1 fully saturated rings. The fourth-order valence-electron chi connectivity index (χ4n) is 2.97. The molecule has 0 bridgehead atoms. The Morgan fingerprint density at radius 1 is 1.03 bits per heavy atom. The van der Waals surface area contributed by atoms with Crippen LogP contribution < -0.4 is 9.47 Å². The summed E-state index contributed by atoms with van der Waals surface area (Å²) in [6.07, 6.45) is 2.82. The first-order valence-electron chi connectivity index (χ1n) is 10.3. The SMILES string of the molecule is CCCOc1ccc(/C=C2/SC(=Nc3ccc(C)cc3)N(CC)C2=O)cc1OCC. The van der Waals surface area contributed by atoms with E-state index in [1.54, 1.807) is 4.90 Å². The zero-order valence-corrected chi connectivity index (χ0v) is 18.8. The van der Waals surface area contributed by atoms with Crippen molar-refractivity contribution in [3.63, 3.8) is 0 Å². The molecule has 0 N–H and O–H groups in total. The highest BCUT2D eigenvalue weighted by Gasteiger charge is 2.32. The smallest absolute Gasteiger partial charge is 0.266 e. The van der Waals surface area contributed by atoms with Gasteiger partial charge in [-0.1, -0.05) is 30.7 Å². The molecule has 2 aromatic rings. The number of carbonyl (C=O) groups is 1. The summed E-state index contributed by atoms with van der Waals surface area (Å²) in [6.45, 7) is 9.77. The first-order valence-corrected chi connectivity index (χ1v) is 11.1. The van der Waals surface area contributed by atoms with Crippen LogP contribution in [0.1, 0.15) is 38.3 Å². The summed E-state index contributed by atoms with van der Waals surface area (Å²) in [5.41, 5.74) is 2.91. The predicted octanol–water partition coefficient (Wildman–Crippen LogP) is 5.81. The fourth-order valence-corrected chi connectivity index (χ4v) is 4.03. The average molecular weight is 425 g/mol. The minimum Gasteiger partial charge on any atom is -0.490 e. The lowest BCUT2D eigenvalue weighted by atomic mass is 10.2. The molecule has 0 saturated carbocycles. The summed E-state index contributed by atoms with van der Waals surface area (Å²) in [4.78, 5) is 20.0. The number of amidine groups is 1. The second kappa shape index (κ2) is 10.3. The molecule has 0 unspecified atom stereocenters. The van der Waals surface area contributed by atoms with Gasteiger partial charge in [0.1, 0.15) is 0 Å². The van der Waals surface area contributed by atoms with E-state index < -0.39 is 0 Å². The van der Waals surface area contributed by atoms with Crippen molar-refractivity contribution < 1.29 is 14.3 Å². The Kier molecular flexibility index (Phi) is 7.57. The highest BCUT2D eigenvalue weighted by molar-refractivity contribution is 8.18. The third-order valence-electron chi connectivity index (χ3n) is 4.49. The van der Waals surface area contributed by atoms with Crippen LogP contribution in [0.3, 0.4) is 0 Å². The highest BCUT2D eigenvalue weighted by Crippen LogP contribution is 2.36. The van der Waals surface area contributed by atoms with Crippen LogP contribution in [0.4, 0.5) is 5.69 Å². The molecule has 0 atom stereocenters. The van der Waals surface area contributed by atoms with Gasteiger partial charge in [0, 0.05) is 6.54 Å². The Labute approximate surface area is 182 Å². The molecule has 158 valence electrons. The molecular formula is C24H28N2O3S. The number of aryl methyl sites for hydroxylation is 1. The molecule has 1 aliphatic heterocycles. The van der Waals surface area contributed by atoms with E-state index in [0.717, 1.165) is 23.4 Å². The van der Waals surface area contributed by atoms with Crippen LogP contribution in [0.2, 0.25) is 0 Å². The normalized spacial score (nSPS) is 16.5. The average Bonchev–Trinajstić information content (AvgIpc) is 3.03. The van der Waals surface area contributed by atoms with Crippen molar-refractivity contribution in [1.82, 2.24) is 4.90 Å². The van der Waals surface area contributed by atoms with E-state index >= 15 is 0 Å². The van der Waals surface area contributed by atoms with Gasteiger partial charge in [0.15, 0.2) is 16.7 Å². The van der Waals surface area contributed by atoms with Gasteiger partial charge in [-0.05, 0) is 74.9 Å². The standard InChI is InChI=1S/C24H28N2O3S/c1-5-14-29-20-13-10-18(15-21(20)28-7-3)16-22-23(27)26(6-2)24(30-22)25-19-11-8-17(4)9-12-19/h8-13,15-16H,5-7,14H2,1-4H3/b22-16+,25-24?. The Morgan fingerprint density at radius 3 is 2.47 bits per heavy atom. The number of hydrogen-bond donors (Lipinski definition) is 0. The fraction of sp³-hybridized carbons (Fsp3) is 0.333.